The van der Waals surface area contributed by atoms with Crippen LogP contribution in [-0.2, 0) is 0 Å². The van der Waals surface area contributed by atoms with Crippen molar-refractivity contribution in [3.05, 3.63) is 89.0 Å². The van der Waals surface area contributed by atoms with Crippen LogP contribution < -0.4 is 5.30 Å². The fourth-order valence-corrected chi connectivity index (χ4v) is 5.17. The molecule has 2 atom stereocenters. The van der Waals surface area contributed by atoms with E-state index in [2.05, 4.69) is 50.0 Å². The van der Waals surface area contributed by atoms with E-state index in [0.717, 1.165) is 29.7 Å². The SMILES string of the molecule is CCCC(Pc1c(C)cccc1C=Nc1ccccc1)c1cc(C)ccc1O. The Morgan fingerprint density at radius 1 is 1.00 bits per heavy atom. The van der Waals surface area contributed by atoms with E-state index >= 15 is 0 Å². The predicted octanol–water partition coefficient (Wildman–Crippen LogP) is 6.60. The molecule has 0 aromatic heterocycles. The fraction of sp³-hybridized carbons (Fsp3) is 0.240. The van der Waals surface area contributed by atoms with Gasteiger partial charge in [0.2, 0.25) is 0 Å². The maximum atomic E-state index is 10.5. The van der Waals surface area contributed by atoms with Crippen molar-refractivity contribution < 1.29 is 5.11 Å². The van der Waals surface area contributed by atoms with Crippen molar-refractivity contribution in [1.29, 1.82) is 0 Å². The topological polar surface area (TPSA) is 32.6 Å². The average Bonchev–Trinajstić information content (AvgIpc) is 2.70. The zero-order valence-electron chi connectivity index (χ0n) is 16.8. The Labute approximate surface area is 170 Å². The largest absolute Gasteiger partial charge is 0.508 e. The number of aromatic hydroxyl groups is 1. The molecule has 0 saturated heterocycles. The van der Waals surface area contributed by atoms with Crippen LogP contribution in [0.25, 0.3) is 0 Å². The van der Waals surface area contributed by atoms with Gasteiger partial charge in [0.15, 0.2) is 0 Å². The fourth-order valence-electron chi connectivity index (χ4n) is 3.37. The lowest BCUT2D eigenvalue weighted by molar-refractivity contribution is 0.466. The minimum atomic E-state index is 0.315. The summed E-state index contributed by atoms with van der Waals surface area (Å²) < 4.78 is 0. The van der Waals surface area contributed by atoms with Crippen molar-refractivity contribution in [2.75, 3.05) is 0 Å². The molecule has 2 nitrogen and oxygen atoms in total. The Morgan fingerprint density at radius 3 is 2.54 bits per heavy atom. The second-order valence-corrected chi connectivity index (χ2v) is 8.67. The summed E-state index contributed by atoms with van der Waals surface area (Å²) in [6.45, 7) is 6.46. The van der Waals surface area contributed by atoms with Gasteiger partial charge in [0.1, 0.15) is 5.75 Å². The Kier molecular flexibility index (Phi) is 7.01. The molecule has 0 aliphatic heterocycles. The van der Waals surface area contributed by atoms with Gasteiger partial charge >= 0.3 is 0 Å². The number of phenolic OH excluding ortho intramolecular Hbond substituents is 1. The molecule has 28 heavy (non-hydrogen) atoms. The molecule has 0 aliphatic rings. The highest BCUT2D eigenvalue weighted by atomic mass is 31.1. The van der Waals surface area contributed by atoms with Gasteiger partial charge in [0.25, 0.3) is 0 Å². The molecule has 0 bridgehead atoms. The van der Waals surface area contributed by atoms with Gasteiger partial charge in [0, 0.05) is 23.0 Å². The maximum absolute atomic E-state index is 10.5. The van der Waals surface area contributed by atoms with E-state index in [9.17, 15) is 5.11 Å². The Morgan fingerprint density at radius 2 is 1.79 bits per heavy atom. The van der Waals surface area contributed by atoms with Crippen molar-refractivity contribution in [2.45, 2.75) is 39.3 Å². The summed E-state index contributed by atoms with van der Waals surface area (Å²) in [7, 11) is 0.587. The Bertz CT molecular complexity index is 950. The van der Waals surface area contributed by atoms with E-state index in [4.69, 9.17) is 0 Å². The molecule has 2 unspecified atom stereocenters. The monoisotopic (exact) mass is 389 g/mol. The van der Waals surface area contributed by atoms with Crippen LogP contribution in [0.4, 0.5) is 5.69 Å². The molecule has 1 N–H and O–H groups in total. The number of hydrogen-bond acceptors (Lipinski definition) is 2. The molecular weight excluding hydrogens is 361 g/mol. The smallest absolute Gasteiger partial charge is 0.119 e. The summed E-state index contributed by atoms with van der Waals surface area (Å²) >= 11 is 0. The van der Waals surface area contributed by atoms with Gasteiger partial charge in [0.05, 0.1) is 5.69 Å². The quantitative estimate of drug-likeness (QED) is 0.358. The zero-order valence-corrected chi connectivity index (χ0v) is 17.8. The summed E-state index contributed by atoms with van der Waals surface area (Å²) in [5.74, 6) is 0.407. The first-order valence-corrected chi connectivity index (χ1v) is 10.9. The zero-order chi connectivity index (χ0) is 19.9. The average molecular weight is 389 g/mol. The molecular formula is C25H28NOP. The highest BCUT2D eigenvalue weighted by Gasteiger charge is 2.18. The molecule has 0 saturated carbocycles. The van der Waals surface area contributed by atoms with E-state index in [-0.39, 0.29) is 0 Å². The number of rotatable bonds is 7. The molecule has 0 heterocycles. The van der Waals surface area contributed by atoms with Gasteiger partial charge in [-0.25, -0.2) is 0 Å². The van der Waals surface area contributed by atoms with Gasteiger partial charge in [-0.1, -0.05) is 76.0 Å². The summed E-state index contributed by atoms with van der Waals surface area (Å²) in [5, 5.41) is 11.8. The van der Waals surface area contributed by atoms with Gasteiger partial charge in [-0.3, -0.25) is 4.99 Å². The molecule has 0 amide bonds. The number of phenols is 1. The molecule has 3 aromatic rings. The Hall–Kier alpha value is -2.44. The first-order valence-electron chi connectivity index (χ1n) is 9.83. The third-order valence-electron chi connectivity index (χ3n) is 4.87. The summed E-state index contributed by atoms with van der Waals surface area (Å²) in [6, 6.07) is 22.4. The lowest BCUT2D eigenvalue weighted by Crippen LogP contribution is -2.10. The van der Waals surface area contributed by atoms with E-state index < -0.39 is 0 Å². The van der Waals surface area contributed by atoms with Crippen molar-refractivity contribution in [2.24, 2.45) is 4.99 Å². The molecule has 0 spiro atoms. The Balaban J connectivity index is 1.95. The molecule has 3 aromatic carbocycles. The second kappa shape index (κ2) is 9.66. The second-order valence-electron chi connectivity index (χ2n) is 7.18. The van der Waals surface area contributed by atoms with Crippen LogP contribution in [0, 0.1) is 13.8 Å². The number of aryl methyl sites for hydroxylation is 2. The van der Waals surface area contributed by atoms with Crippen LogP contribution in [0.3, 0.4) is 0 Å². The van der Waals surface area contributed by atoms with Gasteiger partial charge < -0.3 is 5.11 Å². The van der Waals surface area contributed by atoms with Crippen LogP contribution in [0.1, 0.15) is 47.7 Å². The number of aliphatic imine (C=N–C) groups is 1. The summed E-state index contributed by atoms with van der Waals surface area (Å²) in [6.07, 6.45) is 4.12. The maximum Gasteiger partial charge on any atom is 0.119 e. The van der Waals surface area contributed by atoms with E-state index in [1.54, 1.807) is 0 Å². The molecule has 0 aliphatic carbocycles. The molecule has 0 fully saturated rings. The predicted molar refractivity (Wildman–Crippen MR) is 123 cm³/mol. The lowest BCUT2D eigenvalue weighted by Gasteiger charge is -2.21. The van der Waals surface area contributed by atoms with Gasteiger partial charge in [-0.15, -0.1) is 0 Å². The third-order valence-corrected chi connectivity index (χ3v) is 6.79. The van der Waals surface area contributed by atoms with Crippen LogP contribution in [-0.4, -0.2) is 11.3 Å². The first-order chi connectivity index (χ1) is 13.6. The van der Waals surface area contributed by atoms with Crippen molar-refractivity contribution >= 4 is 25.8 Å². The highest BCUT2D eigenvalue weighted by molar-refractivity contribution is 7.48. The van der Waals surface area contributed by atoms with Crippen LogP contribution >= 0.6 is 8.58 Å². The number of nitrogens with zero attached hydrogens (tertiary/aromatic N) is 1. The number of hydrogen-bond donors (Lipinski definition) is 1. The minimum Gasteiger partial charge on any atom is -0.508 e. The minimum absolute atomic E-state index is 0.315. The van der Waals surface area contributed by atoms with Crippen LogP contribution in [0.2, 0.25) is 0 Å². The van der Waals surface area contributed by atoms with Gasteiger partial charge in [-0.2, -0.15) is 0 Å². The van der Waals surface area contributed by atoms with Crippen molar-refractivity contribution in [1.82, 2.24) is 0 Å². The van der Waals surface area contributed by atoms with Crippen LogP contribution in [0.15, 0.2) is 71.7 Å². The van der Waals surface area contributed by atoms with Crippen LogP contribution in [0.5, 0.6) is 5.75 Å². The van der Waals surface area contributed by atoms with E-state index in [0.29, 0.717) is 20.0 Å². The number of para-hydroxylation sites is 1. The van der Waals surface area contributed by atoms with E-state index in [1.165, 1.54) is 16.4 Å². The highest BCUT2D eigenvalue weighted by Crippen LogP contribution is 2.43. The summed E-state index contributed by atoms with van der Waals surface area (Å²) in [4.78, 5) is 4.67. The van der Waals surface area contributed by atoms with Gasteiger partial charge in [-0.05, 0) is 49.3 Å². The normalized spacial score (nSPS) is 12.8. The van der Waals surface area contributed by atoms with Crippen molar-refractivity contribution in [3.63, 3.8) is 0 Å². The lowest BCUT2D eigenvalue weighted by atomic mass is 10.0. The van der Waals surface area contributed by atoms with E-state index in [1.807, 2.05) is 48.7 Å². The van der Waals surface area contributed by atoms with Crippen molar-refractivity contribution in [3.8, 4) is 5.75 Å². The molecule has 144 valence electrons. The molecule has 3 heteroatoms. The summed E-state index contributed by atoms with van der Waals surface area (Å²) in [5.41, 5.74) is 5.97. The first kappa shape index (κ1) is 20.3. The molecule has 3 rings (SSSR count). The third kappa shape index (κ3) is 5.09. The molecule has 0 radical (unpaired) electrons. The standard InChI is InChI=1S/C25H28NOP/c1-4-9-24(22-16-18(2)14-15-23(22)27)28-25-19(3)10-8-11-20(25)17-26-21-12-6-5-7-13-21/h5-8,10-17,24,27-28H,4,9H2,1-3H3. The number of benzene rings is 3.